The Morgan fingerprint density at radius 1 is 1.37 bits per heavy atom. The summed E-state index contributed by atoms with van der Waals surface area (Å²) in [5.41, 5.74) is 3.21. The molecule has 0 aliphatic carbocycles. The Morgan fingerprint density at radius 3 is 2.70 bits per heavy atom. The molecule has 0 aromatic heterocycles. The predicted octanol–water partition coefficient (Wildman–Crippen LogP) is 5.23. The van der Waals surface area contributed by atoms with Gasteiger partial charge >= 0.3 is 0 Å². The highest BCUT2D eigenvalue weighted by Gasteiger charge is 2.33. The van der Waals surface area contributed by atoms with Crippen LogP contribution in [0, 0.1) is 5.82 Å². The molecule has 1 fully saturated rings. The second-order valence-corrected chi connectivity index (χ2v) is 8.87. The molecule has 0 radical (unpaired) electrons. The monoisotopic (exact) mass is 402 g/mol. The van der Waals surface area contributed by atoms with E-state index in [0.29, 0.717) is 21.3 Å². The van der Waals surface area contributed by atoms with E-state index in [-0.39, 0.29) is 17.3 Å². The second-order valence-electron chi connectivity index (χ2n) is 7.20. The highest BCUT2D eigenvalue weighted by atomic mass is 32.2. The number of halogens is 1. The number of fused-ring (bicyclic) bond motifs is 1. The quantitative estimate of drug-likeness (QED) is 0.391. The summed E-state index contributed by atoms with van der Waals surface area (Å²) in [5.74, 6) is -0.544. The lowest BCUT2D eigenvalue weighted by Gasteiger charge is -2.42. The summed E-state index contributed by atoms with van der Waals surface area (Å²) in [7, 11) is 0. The average Bonchev–Trinajstić information content (AvgIpc) is 2.84. The molecule has 0 atom stereocenters. The molecule has 1 aromatic carbocycles. The summed E-state index contributed by atoms with van der Waals surface area (Å²) in [6, 6.07) is 3.40. The fourth-order valence-corrected chi connectivity index (χ4v) is 5.00. The standard InChI is InChI=1S/C21H23FN2OS2/c1-6-8-23-19(25)18(27-20(23)26)10-14-9-15-13(3)12-21(4,5)24(7-2)17(15)11-16(14)22/h6,9-12H,1,7-8H2,2-5H3/b18-10+. The van der Waals surface area contributed by atoms with Crippen LogP contribution < -0.4 is 4.90 Å². The largest absolute Gasteiger partial charge is 0.363 e. The molecule has 2 heterocycles. The lowest BCUT2D eigenvalue weighted by molar-refractivity contribution is -0.121. The first-order chi connectivity index (χ1) is 12.7. The number of amides is 1. The highest BCUT2D eigenvalue weighted by molar-refractivity contribution is 8.26. The Balaban J connectivity index is 2.06. The SMILES string of the molecule is C=CCN1C(=O)/C(=C\c2cc3c(cc2F)N(CC)C(C)(C)C=C3C)SC1=S. The lowest BCUT2D eigenvalue weighted by Crippen LogP contribution is -2.45. The minimum Gasteiger partial charge on any atom is -0.363 e. The molecule has 3 rings (SSSR count). The number of thioether (sulfide) groups is 1. The van der Waals surface area contributed by atoms with Gasteiger partial charge in [0.25, 0.3) is 5.91 Å². The Bertz CT molecular complexity index is 902. The van der Waals surface area contributed by atoms with Gasteiger partial charge in [0.2, 0.25) is 0 Å². The van der Waals surface area contributed by atoms with E-state index in [9.17, 15) is 9.18 Å². The first-order valence-electron chi connectivity index (χ1n) is 8.87. The number of thiocarbonyl (C=S) groups is 1. The Hall–Kier alpha value is -1.92. The number of benzene rings is 1. The average molecular weight is 403 g/mol. The van der Waals surface area contributed by atoms with Crippen LogP contribution in [0.25, 0.3) is 11.6 Å². The molecular weight excluding hydrogens is 379 g/mol. The van der Waals surface area contributed by atoms with Crippen LogP contribution in [0.1, 0.15) is 38.8 Å². The number of anilines is 1. The van der Waals surface area contributed by atoms with Gasteiger partial charge in [-0.1, -0.05) is 36.1 Å². The van der Waals surface area contributed by atoms with Gasteiger partial charge in [-0.25, -0.2) is 4.39 Å². The van der Waals surface area contributed by atoms with Gasteiger partial charge < -0.3 is 4.90 Å². The smallest absolute Gasteiger partial charge is 0.266 e. The topological polar surface area (TPSA) is 23.6 Å². The fourth-order valence-electron chi connectivity index (χ4n) is 3.73. The fraction of sp³-hybridized carbons (Fsp3) is 0.333. The van der Waals surface area contributed by atoms with Gasteiger partial charge in [0.05, 0.1) is 10.4 Å². The van der Waals surface area contributed by atoms with Gasteiger partial charge in [0.15, 0.2) is 0 Å². The van der Waals surface area contributed by atoms with Crippen molar-refractivity contribution in [2.75, 3.05) is 18.0 Å². The van der Waals surface area contributed by atoms with Gasteiger partial charge in [-0.05, 0) is 51.5 Å². The van der Waals surface area contributed by atoms with Crippen molar-refractivity contribution in [3.63, 3.8) is 0 Å². The van der Waals surface area contributed by atoms with E-state index in [1.54, 1.807) is 18.2 Å². The third-order valence-corrected chi connectivity index (χ3v) is 6.26. The van der Waals surface area contributed by atoms with Crippen molar-refractivity contribution < 1.29 is 9.18 Å². The molecule has 0 unspecified atom stereocenters. The number of likely N-dealkylation sites (N-methyl/N-ethyl adjacent to an activating group) is 1. The first kappa shape index (κ1) is 19.8. The number of rotatable bonds is 4. The highest BCUT2D eigenvalue weighted by Crippen LogP contribution is 2.41. The summed E-state index contributed by atoms with van der Waals surface area (Å²) in [6.07, 6.45) is 5.42. The second kappa shape index (κ2) is 7.24. The minimum absolute atomic E-state index is 0.174. The predicted molar refractivity (Wildman–Crippen MR) is 117 cm³/mol. The Morgan fingerprint density at radius 2 is 2.07 bits per heavy atom. The molecule has 1 saturated heterocycles. The number of nitrogens with zero attached hydrogens (tertiary/aromatic N) is 2. The molecular formula is C21H23FN2OS2. The molecule has 2 aliphatic heterocycles. The maximum atomic E-state index is 14.9. The molecule has 3 nitrogen and oxygen atoms in total. The number of carbonyl (C=O) groups excluding carboxylic acids is 1. The zero-order valence-electron chi connectivity index (χ0n) is 16.0. The van der Waals surface area contributed by atoms with Crippen molar-refractivity contribution in [2.24, 2.45) is 0 Å². The Labute approximate surface area is 169 Å². The van der Waals surface area contributed by atoms with Gasteiger partial charge in [-0.3, -0.25) is 9.69 Å². The van der Waals surface area contributed by atoms with Crippen LogP contribution in [0.5, 0.6) is 0 Å². The van der Waals surface area contributed by atoms with Crippen LogP contribution in [0.2, 0.25) is 0 Å². The number of hydrogen-bond donors (Lipinski definition) is 0. The van der Waals surface area contributed by atoms with Gasteiger partial charge in [0.1, 0.15) is 10.1 Å². The third kappa shape index (κ3) is 3.48. The van der Waals surface area contributed by atoms with Crippen molar-refractivity contribution >= 4 is 51.5 Å². The summed E-state index contributed by atoms with van der Waals surface area (Å²) >= 11 is 6.45. The molecule has 0 N–H and O–H groups in total. The van der Waals surface area contributed by atoms with E-state index < -0.39 is 0 Å². The van der Waals surface area contributed by atoms with Crippen LogP contribution in [-0.4, -0.2) is 33.8 Å². The van der Waals surface area contributed by atoms with Gasteiger partial charge in [-0.2, -0.15) is 0 Å². The number of hydrogen-bond acceptors (Lipinski definition) is 4. The van der Waals surface area contributed by atoms with Crippen molar-refractivity contribution in [3.05, 3.63) is 52.7 Å². The summed E-state index contributed by atoms with van der Waals surface area (Å²) in [6.45, 7) is 13.1. The zero-order valence-corrected chi connectivity index (χ0v) is 17.6. The van der Waals surface area contributed by atoms with Crippen LogP contribution in [0.3, 0.4) is 0 Å². The van der Waals surface area contributed by atoms with E-state index in [1.165, 1.54) is 16.7 Å². The molecule has 1 aromatic rings. The van der Waals surface area contributed by atoms with E-state index in [4.69, 9.17) is 12.2 Å². The molecule has 2 aliphatic rings. The molecule has 0 saturated carbocycles. The van der Waals surface area contributed by atoms with Crippen molar-refractivity contribution in [1.29, 1.82) is 0 Å². The first-order valence-corrected chi connectivity index (χ1v) is 10.1. The molecule has 6 heteroatoms. The van der Waals surface area contributed by atoms with Gasteiger partial charge in [-0.15, -0.1) is 6.58 Å². The van der Waals surface area contributed by atoms with Crippen LogP contribution in [-0.2, 0) is 4.79 Å². The third-order valence-electron chi connectivity index (χ3n) is 4.88. The molecule has 1 amide bonds. The summed E-state index contributed by atoms with van der Waals surface area (Å²) in [4.78, 5) is 16.6. The van der Waals surface area contributed by atoms with Crippen LogP contribution in [0.15, 0.2) is 35.8 Å². The number of carbonyl (C=O) groups is 1. The van der Waals surface area contributed by atoms with E-state index in [1.807, 2.05) is 13.0 Å². The molecule has 0 bridgehead atoms. The van der Waals surface area contributed by atoms with Crippen LogP contribution in [0.4, 0.5) is 10.1 Å². The molecule has 0 spiro atoms. The van der Waals surface area contributed by atoms with Crippen molar-refractivity contribution in [2.45, 2.75) is 33.2 Å². The van der Waals surface area contributed by atoms with Gasteiger partial charge in [0, 0.05) is 29.9 Å². The number of allylic oxidation sites excluding steroid dienone is 1. The normalized spacial score (nSPS) is 20.2. The van der Waals surface area contributed by atoms with Crippen LogP contribution >= 0.6 is 24.0 Å². The van der Waals surface area contributed by atoms with E-state index in [2.05, 4.69) is 38.3 Å². The maximum Gasteiger partial charge on any atom is 0.266 e. The van der Waals surface area contributed by atoms with Crippen molar-refractivity contribution in [1.82, 2.24) is 4.90 Å². The maximum absolute atomic E-state index is 14.9. The minimum atomic E-state index is -0.341. The van der Waals surface area contributed by atoms with E-state index >= 15 is 0 Å². The summed E-state index contributed by atoms with van der Waals surface area (Å²) < 4.78 is 15.4. The Kier molecular flexibility index (Phi) is 5.32. The molecule has 27 heavy (non-hydrogen) atoms. The van der Waals surface area contributed by atoms with Crippen molar-refractivity contribution in [3.8, 4) is 0 Å². The molecule has 142 valence electrons. The van der Waals surface area contributed by atoms with E-state index in [0.717, 1.165) is 23.4 Å². The summed E-state index contributed by atoms with van der Waals surface area (Å²) in [5, 5.41) is 0. The lowest BCUT2D eigenvalue weighted by atomic mass is 9.88. The zero-order chi connectivity index (χ0) is 19.9.